The standard InChI is InChI=1S/C23H16OS3/c1-2-5-20-16(4-1)14-17(15-24-20)21-11-9-18(26-21)7-8-19-10-12-23(27-19)22-6-3-13-25-22/h1-14H,15H2/b8-7+. The minimum Gasteiger partial charge on any atom is -0.488 e. The normalized spacial score (nSPS) is 13.4. The predicted octanol–water partition coefficient (Wildman–Crippen LogP) is 7.64. The van der Waals surface area contributed by atoms with Gasteiger partial charge < -0.3 is 4.74 Å². The Morgan fingerprint density at radius 2 is 1.52 bits per heavy atom. The van der Waals surface area contributed by atoms with Crippen LogP contribution in [0.1, 0.15) is 20.2 Å². The van der Waals surface area contributed by atoms with Gasteiger partial charge in [-0.3, -0.25) is 0 Å². The third kappa shape index (κ3) is 3.56. The summed E-state index contributed by atoms with van der Waals surface area (Å²) in [5, 5.41) is 2.12. The van der Waals surface area contributed by atoms with E-state index in [1.54, 1.807) is 11.3 Å². The maximum atomic E-state index is 5.89. The molecule has 0 bridgehead atoms. The van der Waals surface area contributed by atoms with Crippen LogP contribution in [0, 0.1) is 0 Å². The largest absolute Gasteiger partial charge is 0.488 e. The fourth-order valence-electron chi connectivity index (χ4n) is 3.03. The third-order valence-corrected chi connectivity index (χ3v) is 7.62. The number of thiophene rings is 3. The maximum absolute atomic E-state index is 5.89. The SMILES string of the molecule is C1=C(c2ccc(/C=C/c3ccc(-c4cccs4)s3)s2)COc2ccccc21. The van der Waals surface area contributed by atoms with Gasteiger partial charge in [0.05, 0.1) is 0 Å². The van der Waals surface area contributed by atoms with Crippen LogP contribution in [0.15, 0.2) is 66.0 Å². The highest BCUT2D eigenvalue weighted by Gasteiger charge is 2.13. The fourth-order valence-corrected chi connectivity index (χ4v) is 5.69. The van der Waals surface area contributed by atoms with E-state index in [1.807, 2.05) is 34.8 Å². The number of fused-ring (bicyclic) bond motifs is 1. The summed E-state index contributed by atoms with van der Waals surface area (Å²) in [6, 6.07) is 21.2. The number of ether oxygens (including phenoxy) is 1. The second-order valence-electron chi connectivity index (χ2n) is 6.21. The highest BCUT2D eigenvalue weighted by Crippen LogP contribution is 2.35. The molecular weight excluding hydrogens is 388 g/mol. The lowest BCUT2D eigenvalue weighted by atomic mass is 10.1. The molecule has 0 aliphatic carbocycles. The van der Waals surface area contributed by atoms with E-state index in [2.05, 4.69) is 72.1 Å². The molecular formula is C23H16OS3. The second kappa shape index (κ2) is 7.31. The average Bonchev–Trinajstić information content (AvgIpc) is 3.47. The first-order valence-corrected chi connectivity index (χ1v) is 11.2. The zero-order valence-electron chi connectivity index (χ0n) is 14.4. The Hall–Kier alpha value is -2.40. The molecule has 1 aliphatic heterocycles. The smallest absolute Gasteiger partial charge is 0.127 e. The zero-order chi connectivity index (χ0) is 18.1. The van der Waals surface area contributed by atoms with E-state index in [1.165, 1.54) is 30.0 Å². The molecule has 4 heterocycles. The predicted molar refractivity (Wildman–Crippen MR) is 121 cm³/mol. The number of hydrogen-bond donors (Lipinski definition) is 0. The van der Waals surface area contributed by atoms with Crippen LogP contribution in [0.2, 0.25) is 0 Å². The van der Waals surface area contributed by atoms with E-state index in [0.717, 1.165) is 11.3 Å². The molecule has 1 nitrogen and oxygen atoms in total. The summed E-state index contributed by atoms with van der Waals surface area (Å²) in [6.07, 6.45) is 6.65. The number of benzene rings is 1. The van der Waals surface area contributed by atoms with E-state index in [0.29, 0.717) is 6.61 Å². The van der Waals surface area contributed by atoms with E-state index >= 15 is 0 Å². The van der Waals surface area contributed by atoms with Gasteiger partial charge in [0.1, 0.15) is 12.4 Å². The molecule has 0 saturated heterocycles. The quantitative estimate of drug-likeness (QED) is 0.339. The van der Waals surface area contributed by atoms with E-state index in [-0.39, 0.29) is 0 Å². The average molecular weight is 405 g/mol. The lowest BCUT2D eigenvalue weighted by Crippen LogP contribution is -2.05. The first-order valence-electron chi connectivity index (χ1n) is 8.69. The van der Waals surface area contributed by atoms with Gasteiger partial charge in [-0.25, -0.2) is 0 Å². The Morgan fingerprint density at radius 3 is 2.33 bits per heavy atom. The van der Waals surface area contributed by atoms with Crippen molar-refractivity contribution in [1.82, 2.24) is 0 Å². The number of rotatable bonds is 4. The molecule has 0 fully saturated rings. The van der Waals surface area contributed by atoms with Crippen LogP contribution in [-0.4, -0.2) is 6.61 Å². The van der Waals surface area contributed by atoms with Crippen molar-refractivity contribution in [3.8, 4) is 15.5 Å². The van der Waals surface area contributed by atoms with Crippen molar-refractivity contribution >= 4 is 57.8 Å². The highest BCUT2D eigenvalue weighted by molar-refractivity contribution is 7.21. The third-order valence-electron chi connectivity index (χ3n) is 4.38. The molecule has 132 valence electrons. The topological polar surface area (TPSA) is 9.23 Å². The first kappa shape index (κ1) is 16.8. The summed E-state index contributed by atoms with van der Waals surface area (Å²) in [5.74, 6) is 0.970. The molecule has 0 spiro atoms. The minimum absolute atomic E-state index is 0.635. The van der Waals surface area contributed by atoms with Crippen LogP contribution in [0.4, 0.5) is 0 Å². The highest BCUT2D eigenvalue weighted by atomic mass is 32.1. The molecule has 0 saturated carbocycles. The van der Waals surface area contributed by atoms with E-state index in [4.69, 9.17) is 4.74 Å². The van der Waals surface area contributed by atoms with Crippen LogP contribution >= 0.6 is 34.0 Å². The molecule has 3 aromatic heterocycles. The van der Waals surface area contributed by atoms with Gasteiger partial charge in [-0.1, -0.05) is 24.3 Å². The van der Waals surface area contributed by atoms with Crippen LogP contribution < -0.4 is 4.74 Å². The molecule has 0 amide bonds. The molecule has 4 aromatic rings. The molecule has 5 rings (SSSR count). The van der Waals surface area contributed by atoms with Gasteiger partial charge in [-0.05, 0) is 60.0 Å². The summed E-state index contributed by atoms with van der Waals surface area (Å²) in [6.45, 7) is 0.635. The van der Waals surface area contributed by atoms with Crippen molar-refractivity contribution in [2.45, 2.75) is 0 Å². The van der Waals surface area contributed by atoms with Crippen LogP contribution in [0.25, 0.3) is 33.6 Å². The minimum atomic E-state index is 0.635. The zero-order valence-corrected chi connectivity index (χ0v) is 16.9. The van der Waals surface area contributed by atoms with Crippen molar-refractivity contribution in [3.05, 3.63) is 86.2 Å². The van der Waals surface area contributed by atoms with Crippen molar-refractivity contribution in [2.24, 2.45) is 0 Å². The van der Waals surface area contributed by atoms with Crippen molar-refractivity contribution in [2.75, 3.05) is 6.61 Å². The first-order chi connectivity index (χ1) is 13.3. The molecule has 0 atom stereocenters. The summed E-state index contributed by atoms with van der Waals surface area (Å²) in [4.78, 5) is 6.48. The summed E-state index contributed by atoms with van der Waals surface area (Å²) in [7, 11) is 0. The Labute approximate surface area is 170 Å². The molecule has 1 aromatic carbocycles. The molecule has 27 heavy (non-hydrogen) atoms. The number of para-hydroxylation sites is 1. The molecule has 0 N–H and O–H groups in total. The fraction of sp³-hybridized carbons (Fsp3) is 0.0435. The maximum Gasteiger partial charge on any atom is 0.127 e. The molecule has 0 radical (unpaired) electrons. The van der Waals surface area contributed by atoms with Gasteiger partial charge >= 0.3 is 0 Å². The van der Waals surface area contributed by atoms with Gasteiger partial charge in [-0.2, -0.15) is 0 Å². The van der Waals surface area contributed by atoms with Gasteiger partial charge in [0.25, 0.3) is 0 Å². The molecule has 0 unspecified atom stereocenters. The number of hydrogen-bond acceptors (Lipinski definition) is 4. The van der Waals surface area contributed by atoms with Crippen LogP contribution in [0.5, 0.6) is 5.75 Å². The van der Waals surface area contributed by atoms with Gasteiger partial charge in [0.15, 0.2) is 0 Å². The van der Waals surface area contributed by atoms with Crippen molar-refractivity contribution in [3.63, 3.8) is 0 Å². The molecule has 4 heteroatoms. The van der Waals surface area contributed by atoms with Gasteiger partial charge in [0, 0.05) is 35.5 Å². The van der Waals surface area contributed by atoms with E-state index in [9.17, 15) is 0 Å². The lowest BCUT2D eigenvalue weighted by Gasteiger charge is -2.16. The lowest BCUT2D eigenvalue weighted by molar-refractivity contribution is 0.366. The van der Waals surface area contributed by atoms with Crippen LogP contribution in [0.3, 0.4) is 0 Å². The second-order valence-corrected chi connectivity index (χ2v) is 9.39. The Balaban J connectivity index is 1.34. The van der Waals surface area contributed by atoms with Gasteiger partial charge in [0.2, 0.25) is 0 Å². The Kier molecular flexibility index (Phi) is 4.54. The van der Waals surface area contributed by atoms with Crippen LogP contribution in [-0.2, 0) is 0 Å². The Bertz CT molecular complexity index is 1130. The van der Waals surface area contributed by atoms with Crippen molar-refractivity contribution in [1.29, 1.82) is 0 Å². The van der Waals surface area contributed by atoms with E-state index < -0.39 is 0 Å². The summed E-state index contributed by atoms with van der Waals surface area (Å²) in [5.41, 5.74) is 2.40. The summed E-state index contributed by atoms with van der Waals surface area (Å²) >= 11 is 5.43. The monoisotopic (exact) mass is 404 g/mol. The van der Waals surface area contributed by atoms with Gasteiger partial charge in [-0.15, -0.1) is 34.0 Å². The summed E-state index contributed by atoms with van der Waals surface area (Å²) < 4.78 is 5.89. The molecule has 1 aliphatic rings. The Morgan fingerprint density at radius 1 is 0.741 bits per heavy atom. The van der Waals surface area contributed by atoms with Crippen molar-refractivity contribution < 1.29 is 4.74 Å².